The highest BCUT2D eigenvalue weighted by atomic mass is 16.3. The summed E-state index contributed by atoms with van der Waals surface area (Å²) < 4.78 is 0. The lowest BCUT2D eigenvalue weighted by atomic mass is 9.97. The van der Waals surface area contributed by atoms with Gasteiger partial charge in [0.05, 0.1) is 6.61 Å². The van der Waals surface area contributed by atoms with Gasteiger partial charge in [-0.25, -0.2) is 0 Å². The van der Waals surface area contributed by atoms with E-state index in [0.29, 0.717) is 5.92 Å². The monoisotopic (exact) mass is 200 g/mol. The number of nitrogens with one attached hydrogen (secondary N) is 1. The van der Waals surface area contributed by atoms with E-state index in [-0.39, 0.29) is 12.5 Å². The molecule has 0 spiro atoms. The van der Waals surface area contributed by atoms with E-state index < -0.39 is 0 Å². The molecule has 82 valence electrons. The quantitative estimate of drug-likeness (QED) is 0.662. The number of hydrogen-bond acceptors (Lipinski definition) is 3. The Hall–Kier alpha value is -0.610. The highest BCUT2D eigenvalue weighted by Gasteiger charge is 2.18. The van der Waals surface area contributed by atoms with E-state index in [0.717, 1.165) is 39.0 Å². The van der Waals surface area contributed by atoms with Crippen LogP contribution in [-0.4, -0.2) is 48.7 Å². The van der Waals surface area contributed by atoms with Gasteiger partial charge in [-0.3, -0.25) is 4.79 Å². The molecule has 1 fully saturated rings. The van der Waals surface area contributed by atoms with E-state index >= 15 is 0 Å². The molecule has 0 aromatic carbocycles. The molecule has 0 bridgehead atoms. The Morgan fingerprint density at radius 1 is 1.50 bits per heavy atom. The Morgan fingerprint density at radius 2 is 2.14 bits per heavy atom. The van der Waals surface area contributed by atoms with Gasteiger partial charge in [0.1, 0.15) is 0 Å². The van der Waals surface area contributed by atoms with Crippen LogP contribution in [0.4, 0.5) is 0 Å². The molecule has 1 amide bonds. The minimum absolute atomic E-state index is 0.0581. The predicted octanol–water partition coefficient (Wildman–Crippen LogP) is -0.173. The van der Waals surface area contributed by atoms with E-state index in [2.05, 4.69) is 10.2 Å². The molecular weight excluding hydrogens is 180 g/mol. The van der Waals surface area contributed by atoms with E-state index in [9.17, 15) is 4.79 Å². The third kappa shape index (κ3) is 4.07. The van der Waals surface area contributed by atoms with Crippen molar-refractivity contribution in [2.45, 2.75) is 19.8 Å². The Balaban J connectivity index is 2.12. The molecule has 0 unspecified atom stereocenters. The normalized spacial score (nSPS) is 19.6. The minimum Gasteiger partial charge on any atom is -0.395 e. The first-order valence-corrected chi connectivity index (χ1v) is 5.30. The van der Waals surface area contributed by atoms with Crippen molar-refractivity contribution in [1.29, 1.82) is 0 Å². The molecular formula is C10H20N2O2. The summed E-state index contributed by atoms with van der Waals surface area (Å²) in [6.45, 7) is 5.49. The Labute approximate surface area is 85.3 Å². The number of β-amino-alcohol motifs (C(OH)–C–C–N with tert-alkyl or cyclic N) is 1. The topological polar surface area (TPSA) is 52.6 Å². The van der Waals surface area contributed by atoms with E-state index in [1.807, 2.05) is 0 Å². The fourth-order valence-corrected chi connectivity index (χ4v) is 1.84. The van der Waals surface area contributed by atoms with Crippen LogP contribution in [0.5, 0.6) is 0 Å². The van der Waals surface area contributed by atoms with Crippen LogP contribution in [0.2, 0.25) is 0 Å². The number of carbonyl (C=O) groups is 1. The Morgan fingerprint density at radius 3 is 2.64 bits per heavy atom. The van der Waals surface area contributed by atoms with Crippen LogP contribution in [0, 0.1) is 5.92 Å². The second-order valence-corrected chi connectivity index (χ2v) is 3.95. The third-order valence-electron chi connectivity index (χ3n) is 2.76. The maximum atomic E-state index is 10.7. The van der Waals surface area contributed by atoms with E-state index in [4.69, 9.17) is 5.11 Å². The van der Waals surface area contributed by atoms with Crippen molar-refractivity contribution in [3.63, 3.8) is 0 Å². The zero-order chi connectivity index (χ0) is 10.4. The summed E-state index contributed by atoms with van der Waals surface area (Å²) in [6.07, 6.45) is 2.25. The van der Waals surface area contributed by atoms with Crippen LogP contribution in [0.3, 0.4) is 0 Å². The third-order valence-corrected chi connectivity index (χ3v) is 2.76. The van der Waals surface area contributed by atoms with Crippen LogP contribution in [0.15, 0.2) is 0 Å². The molecule has 1 aliphatic rings. The highest BCUT2D eigenvalue weighted by molar-refractivity contribution is 5.72. The van der Waals surface area contributed by atoms with Gasteiger partial charge in [0.15, 0.2) is 0 Å². The number of aliphatic hydroxyl groups is 1. The van der Waals surface area contributed by atoms with E-state index in [1.165, 1.54) is 0 Å². The molecule has 1 saturated heterocycles. The number of carbonyl (C=O) groups excluding carboxylic acids is 1. The molecule has 0 saturated carbocycles. The number of rotatable bonds is 4. The van der Waals surface area contributed by atoms with Crippen LogP contribution in [0.1, 0.15) is 19.8 Å². The van der Waals surface area contributed by atoms with Crippen molar-refractivity contribution in [3.05, 3.63) is 0 Å². The minimum atomic E-state index is 0.0581. The van der Waals surface area contributed by atoms with Crippen molar-refractivity contribution < 1.29 is 9.90 Å². The molecule has 0 aromatic heterocycles. The number of aliphatic hydroxyl groups excluding tert-OH is 1. The van der Waals surface area contributed by atoms with Crippen molar-refractivity contribution in [2.75, 3.05) is 32.8 Å². The molecule has 4 heteroatoms. The zero-order valence-electron chi connectivity index (χ0n) is 8.83. The molecule has 0 aromatic rings. The summed E-state index contributed by atoms with van der Waals surface area (Å²) in [5, 5.41) is 11.6. The molecule has 14 heavy (non-hydrogen) atoms. The van der Waals surface area contributed by atoms with Gasteiger partial charge in [0, 0.05) is 20.0 Å². The molecule has 0 aliphatic carbocycles. The summed E-state index contributed by atoms with van der Waals surface area (Å²) in [5.74, 6) is 0.677. The van der Waals surface area contributed by atoms with Gasteiger partial charge in [0.2, 0.25) is 5.91 Å². The maximum absolute atomic E-state index is 10.7. The second-order valence-electron chi connectivity index (χ2n) is 3.95. The largest absolute Gasteiger partial charge is 0.395 e. The Bertz CT molecular complexity index is 177. The van der Waals surface area contributed by atoms with Crippen molar-refractivity contribution >= 4 is 5.91 Å². The fourth-order valence-electron chi connectivity index (χ4n) is 1.84. The average molecular weight is 200 g/mol. The standard InChI is InChI=1S/C10H20N2O2/c1-9(14)11-8-10-2-4-12(5-3-10)6-7-13/h10,13H,2-8H2,1H3,(H,11,14). The first-order chi connectivity index (χ1) is 6.72. The smallest absolute Gasteiger partial charge is 0.216 e. The average Bonchev–Trinajstić information content (AvgIpc) is 2.17. The van der Waals surface area contributed by atoms with Gasteiger partial charge in [-0.15, -0.1) is 0 Å². The summed E-state index contributed by atoms with van der Waals surface area (Å²) in [5.41, 5.74) is 0. The molecule has 4 nitrogen and oxygen atoms in total. The molecule has 0 radical (unpaired) electrons. The maximum Gasteiger partial charge on any atom is 0.216 e. The van der Waals surface area contributed by atoms with Crippen molar-refractivity contribution in [3.8, 4) is 0 Å². The lowest BCUT2D eigenvalue weighted by molar-refractivity contribution is -0.119. The molecule has 1 rings (SSSR count). The predicted molar refractivity (Wildman–Crippen MR) is 54.9 cm³/mol. The second kappa shape index (κ2) is 5.98. The van der Waals surface area contributed by atoms with E-state index in [1.54, 1.807) is 6.92 Å². The number of amides is 1. The van der Waals surface area contributed by atoms with Crippen LogP contribution in [-0.2, 0) is 4.79 Å². The van der Waals surface area contributed by atoms with Gasteiger partial charge in [-0.2, -0.15) is 0 Å². The molecule has 1 heterocycles. The molecule has 2 N–H and O–H groups in total. The van der Waals surface area contributed by atoms with Gasteiger partial charge in [-0.05, 0) is 31.8 Å². The summed E-state index contributed by atoms with van der Waals surface area (Å²) >= 11 is 0. The first-order valence-electron chi connectivity index (χ1n) is 5.30. The lowest BCUT2D eigenvalue weighted by Crippen LogP contribution is -2.39. The molecule has 0 atom stereocenters. The molecule has 1 aliphatic heterocycles. The number of hydrogen-bond donors (Lipinski definition) is 2. The number of likely N-dealkylation sites (tertiary alicyclic amines) is 1. The SMILES string of the molecule is CC(=O)NCC1CCN(CCO)CC1. The highest BCUT2D eigenvalue weighted by Crippen LogP contribution is 2.15. The summed E-state index contributed by atoms with van der Waals surface area (Å²) in [7, 11) is 0. The van der Waals surface area contributed by atoms with Crippen molar-refractivity contribution in [1.82, 2.24) is 10.2 Å². The van der Waals surface area contributed by atoms with Crippen molar-refractivity contribution in [2.24, 2.45) is 5.92 Å². The number of piperidine rings is 1. The lowest BCUT2D eigenvalue weighted by Gasteiger charge is -2.31. The van der Waals surface area contributed by atoms with Crippen LogP contribution < -0.4 is 5.32 Å². The Kier molecular flexibility index (Phi) is 4.90. The first kappa shape index (κ1) is 11.5. The zero-order valence-corrected chi connectivity index (χ0v) is 8.83. The summed E-state index contributed by atoms with van der Waals surface area (Å²) in [4.78, 5) is 13.0. The fraction of sp³-hybridized carbons (Fsp3) is 0.900. The van der Waals surface area contributed by atoms with Gasteiger partial charge >= 0.3 is 0 Å². The summed E-state index contributed by atoms with van der Waals surface area (Å²) in [6, 6.07) is 0. The van der Waals surface area contributed by atoms with Gasteiger partial charge in [-0.1, -0.05) is 0 Å². The number of nitrogens with zero attached hydrogens (tertiary/aromatic N) is 1. The van der Waals surface area contributed by atoms with Crippen LogP contribution >= 0.6 is 0 Å². The van der Waals surface area contributed by atoms with Crippen LogP contribution in [0.25, 0.3) is 0 Å². The van der Waals surface area contributed by atoms with Gasteiger partial charge in [0.25, 0.3) is 0 Å². The van der Waals surface area contributed by atoms with Gasteiger partial charge < -0.3 is 15.3 Å².